The predicted octanol–water partition coefficient (Wildman–Crippen LogP) is 1.98. The second kappa shape index (κ2) is 4.47. The number of nitrogens with two attached hydrogens (primary N) is 1. The first kappa shape index (κ1) is 9.53. The highest BCUT2D eigenvalue weighted by Crippen LogP contribution is 2.29. The van der Waals surface area contributed by atoms with Gasteiger partial charge in [0, 0.05) is 0 Å². The molecule has 1 saturated carbocycles. The maximum absolute atomic E-state index is 5.68. The van der Waals surface area contributed by atoms with Crippen molar-refractivity contribution in [1.29, 1.82) is 0 Å². The minimum Gasteiger partial charge on any atom is -0.493 e. The van der Waals surface area contributed by atoms with Gasteiger partial charge in [0.1, 0.15) is 5.75 Å². The van der Waals surface area contributed by atoms with Gasteiger partial charge in [-0.25, -0.2) is 0 Å². The maximum atomic E-state index is 5.68. The zero-order valence-electron chi connectivity index (χ0n) is 8.41. The summed E-state index contributed by atoms with van der Waals surface area (Å²) in [5.41, 5.74) is 6.77. The highest BCUT2D eigenvalue weighted by molar-refractivity contribution is 5.28. The van der Waals surface area contributed by atoms with Crippen molar-refractivity contribution >= 4 is 0 Å². The van der Waals surface area contributed by atoms with Gasteiger partial charge in [0.2, 0.25) is 0 Å². The van der Waals surface area contributed by atoms with E-state index in [2.05, 4.69) is 12.1 Å². The van der Waals surface area contributed by atoms with Gasteiger partial charge >= 0.3 is 0 Å². The second-order valence-corrected chi connectivity index (χ2v) is 3.94. The van der Waals surface area contributed by atoms with Crippen molar-refractivity contribution in [2.75, 3.05) is 13.2 Å². The average Bonchev–Trinajstić information content (AvgIpc) is 2.99. The van der Waals surface area contributed by atoms with E-state index in [9.17, 15) is 0 Å². The van der Waals surface area contributed by atoms with Gasteiger partial charge in [-0.15, -0.1) is 0 Å². The monoisotopic (exact) mass is 191 g/mol. The minimum atomic E-state index is 0.700. The third kappa shape index (κ3) is 2.74. The number of hydrogen-bond acceptors (Lipinski definition) is 2. The Labute approximate surface area is 85.1 Å². The Morgan fingerprint density at radius 3 is 2.93 bits per heavy atom. The van der Waals surface area contributed by atoms with Crippen LogP contribution < -0.4 is 10.5 Å². The maximum Gasteiger partial charge on any atom is 0.119 e. The average molecular weight is 191 g/mol. The second-order valence-electron chi connectivity index (χ2n) is 3.94. The van der Waals surface area contributed by atoms with Crippen molar-refractivity contribution in [3.63, 3.8) is 0 Å². The summed E-state index contributed by atoms with van der Waals surface area (Å²) in [4.78, 5) is 0. The summed E-state index contributed by atoms with van der Waals surface area (Å²) in [6.45, 7) is 1.58. The highest BCUT2D eigenvalue weighted by atomic mass is 16.5. The standard InChI is InChI=1S/C12H17NO/c13-7-6-10-2-1-3-12(8-10)14-9-11-4-5-11/h1-3,8,11H,4-7,9,13H2. The van der Waals surface area contributed by atoms with Crippen LogP contribution in [0.4, 0.5) is 0 Å². The Morgan fingerprint density at radius 1 is 1.36 bits per heavy atom. The van der Waals surface area contributed by atoms with Crippen molar-refractivity contribution in [1.82, 2.24) is 0 Å². The molecule has 2 heteroatoms. The van der Waals surface area contributed by atoms with Crippen molar-refractivity contribution in [3.05, 3.63) is 29.8 Å². The molecule has 0 aromatic heterocycles. The van der Waals surface area contributed by atoms with E-state index >= 15 is 0 Å². The number of hydrogen-bond donors (Lipinski definition) is 1. The molecule has 1 aromatic carbocycles. The molecule has 1 aromatic rings. The van der Waals surface area contributed by atoms with Crippen LogP contribution in [0.2, 0.25) is 0 Å². The van der Waals surface area contributed by atoms with E-state index in [4.69, 9.17) is 10.5 Å². The summed E-state index contributed by atoms with van der Waals surface area (Å²) < 4.78 is 5.68. The highest BCUT2D eigenvalue weighted by Gasteiger charge is 2.21. The Kier molecular flexibility index (Phi) is 3.04. The summed E-state index contributed by atoms with van der Waals surface area (Å²) in [7, 11) is 0. The van der Waals surface area contributed by atoms with Crippen LogP contribution in [0, 0.1) is 5.92 Å². The SMILES string of the molecule is NCCc1cccc(OCC2CC2)c1. The fourth-order valence-corrected chi connectivity index (χ4v) is 1.46. The number of ether oxygens (including phenoxy) is 1. The molecule has 0 atom stereocenters. The zero-order chi connectivity index (χ0) is 9.80. The van der Waals surface area contributed by atoms with E-state index in [0.717, 1.165) is 24.7 Å². The normalized spacial score (nSPS) is 15.5. The lowest BCUT2D eigenvalue weighted by Gasteiger charge is -2.06. The van der Waals surface area contributed by atoms with Crippen LogP contribution in [0.1, 0.15) is 18.4 Å². The molecular formula is C12H17NO. The first-order valence-electron chi connectivity index (χ1n) is 5.30. The van der Waals surface area contributed by atoms with Gasteiger partial charge in [0.05, 0.1) is 6.61 Å². The molecule has 2 N–H and O–H groups in total. The molecule has 0 radical (unpaired) electrons. The molecule has 0 saturated heterocycles. The first-order valence-corrected chi connectivity index (χ1v) is 5.30. The van der Waals surface area contributed by atoms with Crippen molar-refractivity contribution in [2.24, 2.45) is 11.7 Å². The number of rotatable bonds is 5. The molecule has 2 rings (SSSR count). The van der Waals surface area contributed by atoms with E-state index < -0.39 is 0 Å². The summed E-state index contributed by atoms with van der Waals surface area (Å²) in [5.74, 6) is 1.80. The molecule has 76 valence electrons. The third-order valence-corrected chi connectivity index (χ3v) is 2.51. The fourth-order valence-electron chi connectivity index (χ4n) is 1.46. The van der Waals surface area contributed by atoms with E-state index in [1.165, 1.54) is 18.4 Å². The van der Waals surface area contributed by atoms with Crippen LogP contribution in [0.15, 0.2) is 24.3 Å². The molecular weight excluding hydrogens is 174 g/mol. The quantitative estimate of drug-likeness (QED) is 0.772. The summed E-state index contributed by atoms with van der Waals surface area (Å²) >= 11 is 0. The van der Waals surface area contributed by atoms with Crippen LogP contribution in [0.5, 0.6) is 5.75 Å². The molecule has 1 fully saturated rings. The largest absolute Gasteiger partial charge is 0.493 e. The molecule has 0 spiro atoms. The smallest absolute Gasteiger partial charge is 0.119 e. The van der Waals surface area contributed by atoms with Gasteiger partial charge in [0.15, 0.2) is 0 Å². The van der Waals surface area contributed by atoms with Crippen LogP contribution in [0.3, 0.4) is 0 Å². The Bertz CT molecular complexity index is 294. The summed E-state index contributed by atoms with van der Waals surface area (Å²) in [5, 5.41) is 0. The van der Waals surface area contributed by atoms with E-state index in [0.29, 0.717) is 6.54 Å². The van der Waals surface area contributed by atoms with E-state index in [1.807, 2.05) is 12.1 Å². The molecule has 0 heterocycles. The Balaban J connectivity index is 1.90. The van der Waals surface area contributed by atoms with Crippen LogP contribution in [0.25, 0.3) is 0 Å². The zero-order valence-corrected chi connectivity index (χ0v) is 8.41. The molecule has 1 aliphatic carbocycles. The number of benzene rings is 1. The van der Waals surface area contributed by atoms with E-state index in [1.54, 1.807) is 0 Å². The molecule has 2 nitrogen and oxygen atoms in total. The predicted molar refractivity (Wildman–Crippen MR) is 57.4 cm³/mol. The van der Waals surface area contributed by atoms with Crippen LogP contribution in [-0.2, 0) is 6.42 Å². The molecule has 1 aliphatic rings. The lowest BCUT2D eigenvalue weighted by molar-refractivity contribution is 0.299. The Morgan fingerprint density at radius 2 is 2.21 bits per heavy atom. The van der Waals surface area contributed by atoms with Gasteiger partial charge in [-0.2, -0.15) is 0 Å². The van der Waals surface area contributed by atoms with Gasteiger partial charge in [-0.3, -0.25) is 0 Å². The first-order chi connectivity index (χ1) is 6.88. The fraction of sp³-hybridized carbons (Fsp3) is 0.500. The van der Waals surface area contributed by atoms with Crippen molar-refractivity contribution in [3.8, 4) is 5.75 Å². The van der Waals surface area contributed by atoms with Gasteiger partial charge in [-0.1, -0.05) is 12.1 Å². The molecule has 14 heavy (non-hydrogen) atoms. The molecule has 0 bridgehead atoms. The molecule has 0 amide bonds. The minimum absolute atomic E-state index is 0.700. The van der Waals surface area contributed by atoms with Crippen molar-refractivity contribution in [2.45, 2.75) is 19.3 Å². The topological polar surface area (TPSA) is 35.2 Å². The summed E-state index contributed by atoms with van der Waals surface area (Å²) in [6.07, 6.45) is 3.60. The lowest BCUT2D eigenvalue weighted by Crippen LogP contribution is -2.03. The third-order valence-electron chi connectivity index (χ3n) is 2.51. The van der Waals surface area contributed by atoms with Crippen molar-refractivity contribution < 1.29 is 4.74 Å². The summed E-state index contributed by atoms with van der Waals surface area (Å²) in [6, 6.07) is 8.24. The van der Waals surface area contributed by atoms with Crippen LogP contribution in [-0.4, -0.2) is 13.2 Å². The van der Waals surface area contributed by atoms with Gasteiger partial charge < -0.3 is 10.5 Å². The molecule has 0 unspecified atom stereocenters. The Hall–Kier alpha value is -1.02. The molecule has 0 aliphatic heterocycles. The van der Waals surface area contributed by atoms with Gasteiger partial charge in [0.25, 0.3) is 0 Å². The van der Waals surface area contributed by atoms with Crippen LogP contribution >= 0.6 is 0 Å². The lowest BCUT2D eigenvalue weighted by atomic mass is 10.1. The van der Waals surface area contributed by atoms with E-state index in [-0.39, 0.29) is 0 Å². The van der Waals surface area contributed by atoms with Gasteiger partial charge in [-0.05, 0) is 49.4 Å².